The van der Waals surface area contributed by atoms with Crippen LogP contribution in [-0.2, 0) is 6.54 Å². The predicted molar refractivity (Wildman–Crippen MR) is 70.5 cm³/mol. The number of benzene rings is 1. The molecule has 0 fully saturated rings. The molecular weight excluding hydrogens is 215 g/mol. The molecule has 0 amide bonds. The second-order valence-corrected chi connectivity index (χ2v) is 5.54. The molecule has 0 heterocycles. The van der Waals surface area contributed by atoms with Gasteiger partial charge in [0.1, 0.15) is 5.82 Å². The van der Waals surface area contributed by atoms with Crippen molar-refractivity contribution in [1.82, 2.24) is 10.6 Å². The summed E-state index contributed by atoms with van der Waals surface area (Å²) in [6.45, 7) is 10.3. The summed E-state index contributed by atoms with van der Waals surface area (Å²) < 4.78 is 12.7. The van der Waals surface area contributed by atoms with Gasteiger partial charge in [0.25, 0.3) is 0 Å². The Morgan fingerprint density at radius 3 is 2.29 bits per heavy atom. The average Bonchev–Trinajstić information content (AvgIpc) is 2.25. The fourth-order valence-corrected chi connectivity index (χ4v) is 1.43. The predicted octanol–water partition coefficient (Wildman–Crippen LogP) is 2.69. The maximum Gasteiger partial charge on any atom is 0.123 e. The number of nitrogens with one attached hydrogen (secondary N) is 2. The zero-order valence-electron chi connectivity index (χ0n) is 11.2. The van der Waals surface area contributed by atoms with Crippen molar-refractivity contribution in [2.24, 2.45) is 0 Å². The van der Waals surface area contributed by atoms with Gasteiger partial charge in [-0.25, -0.2) is 4.39 Å². The smallest absolute Gasteiger partial charge is 0.123 e. The number of hydrogen-bond acceptors (Lipinski definition) is 2. The summed E-state index contributed by atoms with van der Waals surface area (Å²) in [5.74, 6) is -0.184. The second kappa shape index (κ2) is 6.12. The second-order valence-electron chi connectivity index (χ2n) is 5.54. The quantitative estimate of drug-likeness (QED) is 0.824. The normalized spacial score (nSPS) is 13.7. The van der Waals surface area contributed by atoms with E-state index >= 15 is 0 Å². The molecule has 1 rings (SSSR count). The minimum Gasteiger partial charge on any atom is -0.311 e. The number of halogens is 1. The Morgan fingerprint density at radius 1 is 1.18 bits per heavy atom. The Kier molecular flexibility index (Phi) is 5.09. The van der Waals surface area contributed by atoms with Crippen molar-refractivity contribution in [1.29, 1.82) is 0 Å². The molecule has 2 N–H and O–H groups in total. The Morgan fingerprint density at radius 2 is 1.76 bits per heavy atom. The first kappa shape index (κ1) is 14.1. The minimum atomic E-state index is -0.184. The summed E-state index contributed by atoms with van der Waals surface area (Å²) in [4.78, 5) is 0. The van der Waals surface area contributed by atoms with E-state index in [0.29, 0.717) is 6.04 Å². The van der Waals surface area contributed by atoms with E-state index in [1.54, 1.807) is 0 Å². The lowest BCUT2D eigenvalue weighted by molar-refractivity contribution is 0.387. The van der Waals surface area contributed by atoms with Crippen molar-refractivity contribution in [3.8, 4) is 0 Å². The number of hydrogen-bond donors (Lipinski definition) is 2. The Hall–Kier alpha value is -0.930. The molecule has 0 saturated carbocycles. The van der Waals surface area contributed by atoms with Crippen molar-refractivity contribution in [3.05, 3.63) is 35.6 Å². The van der Waals surface area contributed by atoms with Crippen molar-refractivity contribution >= 4 is 0 Å². The third-order valence-corrected chi connectivity index (χ3v) is 2.51. The average molecular weight is 238 g/mol. The van der Waals surface area contributed by atoms with Gasteiger partial charge in [-0.1, -0.05) is 12.1 Å². The third kappa shape index (κ3) is 6.39. The van der Waals surface area contributed by atoms with Crippen LogP contribution in [-0.4, -0.2) is 18.1 Å². The van der Waals surface area contributed by atoms with E-state index in [0.717, 1.165) is 18.7 Å². The van der Waals surface area contributed by atoms with Gasteiger partial charge in [0.05, 0.1) is 0 Å². The van der Waals surface area contributed by atoms with Gasteiger partial charge in [0, 0.05) is 24.7 Å². The van der Waals surface area contributed by atoms with Gasteiger partial charge < -0.3 is 10.6 Å². The molecule has 96 valence electrons. The Bertz CT molecular complexity index is 327. The van der Waals surface area contributed by atoms with Crippen LogP contribution in [0, 0.1) is 5.82 Å². The van der Waals surface area contributed by atoms with Crippen LogP contribution in [0.15, 0.2) is 24.3 Å². The molecule has 0 radical (unpaired) electrons. The lowest BCUT2D eigenvalue weighted by Gasteiger charge is -2.24. The molecule has 1 unspecified atom stereocenters. The molecule has 0 aliphatic heterocycles. The fraction of sp³-hybridized carbons (Fsp3) is 0.571. The van der Waals surface area contributed by atoms with Crippen LogP contribution >= 0.6 is 0 Å². The van der Waals surface area contributed by atoms with E-state index in [4.69, 9.17) is 0 Å². The Balaban J connectivity index is 2.28. The van der Waals surface area contributed by atoms with Crippen molar-refractivity contribution in [3.63, 3.8) is 0 Å². The molecular formula is C14H23FN2. The van der Waals surface area contributed by atoms with Gasteiger partial charge in [0.15, 0.2) is 0 Å². The summed E-state index contributed by atoms with van der Waals surface area (Å²) in [6, 6.07) is 7.00. The van der Waals surface area contributed by atoms with Crippen LogP contribution < -0.4 is 10.6 Å². The summed E-state index contributed by atoms with van der Waals surface area (Å²) >= 11 is 0. The molecule has 17 heavy (non-hydrogen) atoms. The molecule has 0 aliphatic rings. The first-order valence-corrected chi connectivity index (χ1v) is 6.10. The molecule has 0 bridgehead atoms. The minimum absolute atomic E-state index is 0.145. The Labute approximate surface area is 104 Å². The summed E-state index contributed by atoms with van der Waals surface area (Å²) in [6.07, 6.45) is 0. The van der Waals surface area contributed by atoms with Gasteiger partial charge >= 0.3 is 0 Å². The van der Waals surface area contributed by atoms with Gasteiger partial charge in [-0.05, 0) is 45.4 Å². The molecule has 3 heteroatoms. The van der Waals surface area contributed by atoms with Crippen LogP contribution in [0.2, 0.25) is 0 Å². The largest absolute Gasteiger partial charge is 0.311 e. The zero-order chi connectivity index (χ0) is 12.9. The molecule has 1 aromatic carbocycles. The van der Waals surface area contributed by atoms with Gasteiger partial charge in [-0.3, -0.25) is 0 Å². The first-order valence-electron chi connectivity index (χ1n) is 6.10. The maximum atomic E-state index is 12.7. The SMILES string of the molecule is CC(CNC(C)(C)C)NCc1ccc(F)cc1. The third-order valence-electron chi connectivity index (χ3n) is 2.51. The van der Waals surface area contributed by atoms with Crippen LogP contribution in [0.3, 0.4) is 0 Å². The van der Waals surface area contributed by atoms with Crippen LogP contribution in [0.1, 0.15) is 33.3 Å². The highest BCUT2D eigenvalue weighted by atomic mass is 19.1. The van der Waals surface area contributed by atoms with E-state index in [2.05, 4.69) is 38.3 Å². The molecule has 2 nitrogen and oxygen atoms in total. The fourth-order valence-electron chi connectivity index (χ4n) is 1.43. The summed E-state index contributed by atoms with van der Waals surface area (Å²) in [5.41, 5.74) is 1.25. The van der Waals surface area contributed by atoms with Crippen molar-refractivity contribution in [2.45, 2.75) is 45.8 Å². The molecule has 0 saturated heterocycles. The van der Waals surface area contributed by atoms with E-state index < -0.39 is 0 Å². The highest BCUT2D eigenvalue weighted by molar-refractivity contribution is 5.15. The van der Waals surface area contributed by atoms with E-state index in [9.17, 15) is 4.39 Å². The maximum absolute atomic E-state index is 12.7. The summed E-state index contributed by atoms with van der Waals surface area (Å²) in [7, 11) is 0. The lowest BCUT2D eigenvalue weighted by atomic mass is 10.1. The van der Waals surface area contributed by atoms with Crippen LogP contribution in [0.4, 0.5) is 4.39 Å². The molecule has 0 spiro atoms. The van der Waals surface area contributed by atoms with Crippen molar-refractivity contribution in [2.75, 3.05) is 6.54 Å². The van der Waals surface area contributed by atoms with Crippen LogP contribution in [0.5, 0.6) is 0 Å². The van der Waals surface area contributed by atoms with Gasteiger partial charge in [0.2, 0.25) is 0 Å². The highest BCUT2D eigenvalue weighted by Crippen LogP contribution is 2.03. The van der Waals surface area contributed by atoms with E-state index in [1.807, 2.05) is 12.1 Å². The van der Waals surface area contributed by atoms with Gasteiger partial charge in [-0.2, -0.15) is 0 Å². The standard InChI is InChI=1S/C14H23FN2/c1-11(9-17-14(2,3)4)16-10-12-5-7-13(15)8-6-12/h5-8,11,16-17H,9-10H2,1-4H3. The zero-order valence-corrected chi connectivity index (χ0v) is 11.2. The lowest BCUT2D eigenvalue weighted by Crippen LogP contribution is -2.44. The highest BCUT2D eigenvalue weighted by Gasteiger charge is 2.10. The monoisotopic (exact) mass is 238 g/mol. The molecule has 1 atom stereocenters. The molecule has 1 aromatic rings. The van der Waals surface area contributed by atoms with E-state index in [1.165, 1.54) is 12.1 Å². The van der Waals surface area contributed by atoms with E-state index in [-0.39, 0.29) is 11.4 Å². The number of rotatable bonds is 5. The van der Waals surface area contributed by atoms with Crippen LogP contribution in [0.25, 0.3) is 0 Å². The topological polar surface area (TPSA) is 24.1 Å². The summed E-state index contributed by atoms with van der Waals surface area (Å²) in [5, 5.41) is 6.85. The first-order chi connectivity index (χ1) is 7.87. The van der Waals surface area contributed by atoms with Crippen molar-refractivity contribution < 1.29 is 4.39 Å². The molecule has 0 aromatic heterocycles. The molecule has 0 aliphatic carbocycles. The van der Waals surface area contributed by atoms with Gasteiger partial charge in [-0.15, -0.1) is 0 Å².